The molecule has 3 unspecified atom stereocenters. The van der Waals surface area contributed by atoms with Crippen LogP contribution in [0.3, 0.4) is 0 Å². The van der Waals surface area contributed by atoms with E-state index >= 15 is 0 Å². The Morgan fingerprint density at radius 2 is 2.17 bits per heavy atom. The van der Waals surface area contributed by atoms with Crippen LogP contribution in [0.25, 0.3) is 0 Å². The number of carbonyl (C=O) groups excluding carboxylic acids is 1. The van der Waals surface area contributed by atoms with Crippen molar-refractivity contribution < 1.29 is 14.3 Å². The second kappa shape index (κ2) is 5.40. The van der Waals surface area contributed by atoms with Crippen molar-refractivity contribution in [2.75, 3.05) is 13.7 Å². The van der Waals surface area contributed by atoms with Gasteiger partial charge in [-0.3, -0.25) is 4.79 Å². The summed E-state index contributed by atoms with van der Waals surface area (Å²) in [5.74, 6) is 0.554. The van der Waals surface area contributed by atoms with Crippen molar-refractivity contribution in [3.63, 3.8) is 0 Å². The lowest BCUT2D eigenvalue weighted by Gasteiger charge is -2.22. The smallest absolute Gasteiger partial charge is 0.309 e. The normalized spacial score (nSPS) is 20.7. The second-order valence-corrected chi connectivity index (χ2v) is 4.67. The first-order valence-corrected chi connectivity index (χ1v) is 6.19. The van der Waals surface area contributed by atoms with Gasteiger partial charge in [0, 0.05) is 11.6 Å². The average molecular weight is 249 g/mol. The Bertz CT molecular complexity index is 433. The summed E-state index contributed by atoms with van der Waals surface area (Å²) in [5.41, 5.74) is 1.15. The molecule has 1 N–H and O–H groups in total. The number of methoxy groups -OCH3 is 1. The van der Waals surface area contributed by atoms with E-state index in [1.807, 2.05) is 32.0 Å². The topological polar surface area (TPSA) is 47.6 Å². The van der Waals surface area contributed by atoms with Crippen LogP contribution in [0.5, 0.6) is 5.75 Å². The number of rotatable bonds is 4. The molecule has 0 spiro atoms. The van der Waals surface area contributed by atoms with Crippen molar-refractivity contribution in [2.24, 2.45) is 5.92 Å². The summed E-state index contributed by atoms with van der Waals surface area (Å²) >= 11 is 0. The second-order valence-electron chi connectivity index (χ2n) is 4.67. The van der Waals surface area contributed by atoms with Crippen molar-refractivity contribution >= 4 is 5.97 Å². The zero-order chi connectivity index (χ0) is 13.1. The van der Waals surface area contributed by atoms with E-state index in [0.717, 1.165) is 11.3 Å². The van der Waals surface area contributed by atoms with Crippen LogP contribution in [0.15, 0.2) is 24.3 Å². The maximum atomic E-state index is 11.5. The molecule has 0 bridgehead atoms. The molecule has 4 heteroatoms. The first-order chi connectivity index (χ1) is 8.63. The molecule has 18 heavy (non-hydrogen) atoms. The number of fused-ring (bicyclic) bond motifs is 1. The summed E-state index contributed by atoms with van der Waals surface area (Å²) in [6.45, 7) is 4.46. The summed E-state index contributed by atoms with van der Waals surface area (Å²) in [4.78, 5) is 11.5. The van der Waals surface area contributed by atoms with E-state index in [0.29, 0.717) is 6.61 Å². The fourth-order valence-corrected chi connectivity index (χ4v) is 2.15. The Morgan fingerprint density at radius 1 is 1.44 bits per heavy atom. The molecule has 0 fully saturated rings. The highest BCUT2D eigenvalue weighted by Crippen LogP contribution is 2.32. The first-order valence-electron chi connectivity index (χ1n) is 6.19. The van der Waals surface area contributed by atoms with E-state index in [1.165, 1.54) is 7.11 Å². The van der Waals surface area contributed by atoms with Crippen LogP contribution in [-0.4, -0.2) is 25.7 Å². The van der Waals surface area contributed by atoms with Gasteiger partial charge in [0.25, 0.3) is 0 Å². The SMILES string of the molecule is COC(=O)C(C)C(C)NC1COc2ccccc21. The van der Waals surface area contributed by atoms with E-state index in [4.69, 9.17) is 9.47 Å². The molecule has 1 aliphatic heterocycles. The molecule has 0 saturated carbocycles. The van der Waals surface area contributed by atoms with E-state index < -0.39 is 0 Å². The van der Waals surface area contributed by atoms with Crippen LogP contribution in [0, 0.1) is 5.92 Å². The monoisotopic (exact) mass is 249 g/mol. The lowest BCUT2D eigenvalue weighted by Crippen LogP contribution is -2.39. The summed E-state index contributed by atoms with van der Waals surface area (Å²) in [7, 11) is 1.42. The predicted molar refractivity (Wildman–Crippen MR) is 68.5 cm³/mol. The van der Waals surface area contributed by atoms with Crippen LogP contribution in [-0.2, 0) is 9.53 Å². The van der Waals surface area contributed by atoms with Gasteiger partial charge in [-0.2, -0.15) is 0 Å². The van der Waals surface area contributed by atoms with Crippen LogP contribution < -0.4 is 10.1 Å². The van der Waals surface area contributed by atoms with E-state index in [9.17, 15) is 4.79 Å². The van der Waals surface area contributed by atoms with Gasteiger partial charge in [-0.25, -0.2) is 0 Å². The molecule has 1 aromatic rings. The van der Waals surface area contributed by atoms with Crippen LogP contribution in [0.4, 0.5) is 0 Å². The highest BCUT2D eigenvalue weighted by Gasteiger charge is 2.28. The molecule has 0 aliphatic carbocycles. The first kappa shape index (κ1) is 12.9. The lowest BCUT2D eigenvalue weighted by atomic mass is 10.0. The average Bonchev–Trinajstić information content (AvgIpc) is 2.80. The van der Waals surface area contributed by atoms with Crippen molar-refractivity contribution in [1.29, 1.82) is 0 Å². The standard InChI is InChI=1S/C14H19NO3/c1-9(14(16)17-3)10(2)15-12-8-18-13-7-5-4-6-11(12)13/h4-7,9-10,12,15H,8H2,1-3H3. The molecule has 2 rings (SSSR count). The maximum absolute atomic E-state index is 11.5. The predicted octanol–water partition coefficient (Wildman–Crippen LogP) is 1.91. The highest BCUT2D eigenvalue weighted by atomic mass is 16.5. The molecule has 0 aromatic heterocycles. The Labute approximate surface area is 107 Å². The quantitative estimate of drug-likeness (QED) is 0.828. The summed E-state index contributed by atoms with van der Waals surface area (Å²) < 4.78 is 10.4. The molecule has 0 radical (unpaired) electrons. The van der Waals surface area contributed by atoms with E-state index in [1.54, 1.807) is 0 Å². The maximum Gasteiger partial charge on any atom is 0.309 e. The Kier molecular flexibility index (Phi) is 3.87. The number of ether oxygens (including phenoxy) is 2. The van der Waals surface area contributed by atoms with Crippen LogP contribution >= 0.6 is 0 Å². The van der Waals surface area contributed by atoms with Gasteiger partial charge in [0.05, 0.1) is 19.1 Å². The zero-order valence-electron chi connectivity index (χ0n) is 11.0. The van der Waals surface area contributed by atoms with Crippen molar-refractivity contribution in [1.82, 2.24) is 5.32 Å². The molecular weight excluding hydrogens is 230 g/mol. The Hall–Kier alpha value is -1.55. The van der Waals surface area contributed by atoms with Gasteiger partial charge < -0.3 is 14.8 Å². The van der Waals surface area contributed by atoms with Gasteiger partial charge in [-0.1, -0.05) is 25.1 Å². The van der Waals surface area contributed by atoms with Crippen molar-refractivity contribution in [3.8, 4) is 5.75 Å². The number of nitrogens with one attached hydrogen (secondary N) is 1. The molecule has 1 aliphatic rings. The molecule has 3 atom stereocenters. The zero-order valence-corrected chi connectivity index (χ0v) is 11.0. The molecule has 1 heterocycles. The van der Waals surface area contributed by atoms with Crippen LogP contribution in [0.2, 0.25) is 0 Å². The summed E-state index contributed by atoms with van der Waals surface area (Å²) in [5, 5.41) is 3.42. The number of para-hydroxylation sites is 1. The van der Waals surface area contributed by atoms with Crippen molar-refractivity contribution in [3.05, 3.63) is 29.8 Å². The molecule has 4 nitrogen and oxygen atoms in total. The molecule has 98 valence electrons. The number of benzene rings is 1. The van der Waals surface area contributed by atoms with Gasteiger partial charge >= 0.3 is 5.97 Å². The summed E-state index contributed by atoms with van der Waals surface area (Å²) in [6.07, 6.45) is 0. The number of hydrogen-bond acceptors (Lipinski definition) is 4. The summed E-state index contributed by atoms with van der Waals surface area (Å²) in [6, 6.07) is 8.15. The number of hydrogen-bond donors (Lipinski definition) is 1. The number of carbonyl (C=O) groups is 1. The molecular formula is C14H19NO3. The third kappa shape index (κ3) is 2.48. The molecule has 0 saturated heterocycles. The van der Waals surface area contributed by atoms with Gasteiger partial charge in [0.15, 0.2) is 0 Å². The van der Waals surface area contributed by atoms with E-state index in [2.05, 4.69) is 11.4 Å². The Morgan fingerprint density at radius 3 is 2.89 bits per heavy atom. The van der Waals surface area contributed by atoms with Crippen LogP contribution in [0.1, 0.15) is 25.5 Å². The Balaban J connectivity index is 2.01. The third-order valence-corrected chi connectivity index (χ3v) is 3.49. The minimum Gasteiger partial charge on any atom is -0.491 e. The highest BCUT2D eigenvalue weighted by molar-refractivity contribution is 5.72. The third-order valence-electron chi connectivity index (χ3n) is 3.49. The minimum absolute atomic E-state index is 0.0391. The van der Waals surface area contributed by atoms with Gasteiger partial charge in [-0.05, 0) is 13.0 Å². The fourth-order valence-electron chi connectivity index (χ4n) is 2.15. The van der Waals surface area contributed by atoms with Gasteiger partial charge in [-0.15, -0.1) is 0 Å². The van der Waals surface area contributed by atoms with Crippen molar-refractivity contribution in [2.45, 2.75) is 25.9 Å². The lowest BCUT2D eigenvalue weighted by molar-refractivity contribution is -0.145. The van der Waals surface area contributed by atoms with Gasteiger partial charge in [0.2, 0.25) is 0 Å². The fraction of sp³-hybridized carbons (Fsp3) is 0.500. The molecule has 0 amide bonds. The van der Waals surface area contributed by atoms with E-state index in [-0.39, 0.29) is 24.0 Å². The number of esters is 1. The van der Waals surface area contributed by atoms with Gasteiger partial charge in [0.1, 0.15) is 12.4 Å². The molecule has 1 aromatic carbocycles. The minimum atomic E-state index is -0.192. The largest absolute Gasteiger partial charge is 0.491 e.